The van der Waals surface area contributed by atoms with Crippen LogP contribution in [0.25, 0.3) is 44.2 Å². The number of para-hydroxylation sites is 4. The molecule has 1 aromatic heterocycles. The van der Waals surface area contributed by atoms with Crippen LogP contribution >= 0.6 is 0 Å². The van der Waals surface area contributed by atoms with Gasteiger partial charge in [0.25, 0.3) is 0 Å². The number of anilines is 7. The third kappa shape index (κ3) is 7.19. The summed E-state index contributed by atoms with van der Waals surface area (Å²) in [7, 11) is 4.30. The van der Waals surface area contributed by atoms with E-state index in [1.807, 2.05) is 0 Å². The maximum Gasteiger partial charge on any atom is 0.0541 e. The van der Waals surface area contributed by atoms with Crippen molar-refractivity contribution < 1.29 is 0 Å². The normalized spacial score (nSPS) is 12.3. The minimum absolute atomic E-state index is 0.945. The summed E-state index contributed by atoms with van der Waals surface area (Å²) < 4.78 is 2.37. The quantitative estimate of drug-likeness (QED) is 0.137. The predicted octanol–water partition coefficient (Wildman–Crippen LogP) is 15.4. The van der Waals surface area contributed by atoms with Crippen LogP contribution in [-0.4, -0.2) is 18.7 Å². The first kappa shape index (κ1) is 37.5. The molecule has 0 N–H and O–H groups in total. The lowest BCUT2D eigenvalue weighted by molar-refractivity contribution is 1.17. The second-order valence-corrected chi connectivity index (χ2v) is 15.5. The molecule has 0 unspecified atom stereocenters. The van der Waals surface area contributed by atoms with Crippen LogP contribution in [0.3, 0.4) is 0 Å². The molecule has 1 heterocycles. The summed E-state index contributed by atoms with van der Waals surface area (Å²) >= 11 is 0. The first-order valence-electron chi connectivity index (χ1n) is 21.0. The third-order valence-electron chi connectivity index (χ3n) is 11.8. The maximum absolute atomic E-state index is 2.37. The lowest BCUT2D eigenvalue weighted by Gasteiger charge is -2.28. The van der Waals surface area contributed by atoms with Gasteiger partial charge in [-0.15, -0.1) is 0 Å². The standard InChI is InChI=1S/C57H46N4/c1-58(54-26-14-10-22-50(54)42-18-6-3-4-7-19-42)44-30-34-46(35-31-44)60(47-36-32-45(33-37-47)59(2)55-27-15-11-23-51(55)43-20-8-5-9-21-43)48-38-40-49(41-39-48)61-56-28-16-12-24-52(56)53-25-13-17-29-57(53)61/h3,5-41H,4H2,1-2H3. The van der Waals surface area contributed by atoms with Gasteiger partial charge in [-0.05, 0) is 115 Å². The first-order valence-corrected chi connectivity index (χ1v) is 21.0. The topological polar surface area (TPSA) is 14.7 Å². The van der Waals surface area contributed by atoms with Gasteiger partial charge in [0, 0.05) is 81.5 Å². The van der Waals surface area contributed by atoms with Crippen molar-refractivity contribution in [2.24, 2.45) is 0 Å². The van der Waals surface area contributed by atoms with Gasteiger partial charge < -0.3 is 19.3 Å². The molecular weight excluding hydrogens is 741 g/mol. The molecule has 0 aliphatic heterocycles. The molecule has 0 saturated heterocycles. The number of allylic oxidation sites excluding steroid dienone is 6. The second kappa shape index (κ2) is 16.4. The molecule has 10 rings (SSSR count). The fourth-order valence-corrected chi connectivity index (χ4v) is 8.72. The summed E-state index contributed by atoms with van der Waals surface area (Å²) in [6, 6.07) is 72.0. The van der Waals surface area contributed by atoms with Gasteiger partial charge in [-0.1, -0.05) is 134 Å². The van der Waals surface area contributed by atoms with Gasteiger partial charge in [-0.25, -0.2) is 0 Å². The van der Waals surface area contributed by atoms with Crippen molar-refractivity contribution in [2.45, 2.75) is 6.42 Å². The lowest BCUT2D eigenvalue weighted by Crippen LogP contribution is -2.14. The number of aromatic nitrogens is 1. The Morgan fingerprint density at radius 3 is 1.46 bits per heavy atom. The number of hydrogen-bond donors (Lipinski definition) is 0. The fraction of sp³-hybridized carbons (Fsp3) is 0.0526. The molecule has 4 nitrogen and oxygen atoms in total. The van der Waals surface area contributed by atoms with Crippen molar-refractivity contribution in [2.75, 3.05) is 28.8 Å². The molecule has 0 radical (unpaired) electrons. The van der Waals surface area contributed by atoms with Gasteiger partial charge in [-0.3, -0.25) is 0 Å². The predicted molar refractivity (Wildman–Crippen MR) is 261 cm³/mol. The van der Waals surface area contributed by atoms with Crippen LogP contribution in [0.2, 0.25) is 0 Å². The van der Waals surface area contributed by atoms with Crippen molar-refractivity contribution in [1.82, 2.24) is 4.57 Å². The van der Waals surface area contributed by atoms with Crippen LogP contribution in [0, 0.1) is 0 Å². The fourth-order valence-electron chi connectivity index (χ4n) is 8.72. The average Bonchev–Trinajstić information content (AvgIpc) is 3.43. The van der Waals surface area contributed by atoms with Crippen molar-refractivity contribution >= 4 is 67.2 Å². The highest BCUT2D eigenvalue weighted by molar-refractivity contribution is 6.09. The van der Waals surface area contributed by atoms with Crippen molar-refractivity contribution in [3.05, 3.63) is 236 Å². The molecule has 0 atom stereocenters. The summed E-state index contributed by atoms with van der Waals surface area (Å²) in [4.78, 5) is 6.91. The van der Waals surface area contributed by atoms with Crippen LogP contribution in [0.5, 0.6) is 0 Å². The van der Waals surface area contributed by atoms with Crippen molar-refractivity contribution in [3.63, 3.8) is 0 Å². The van der Waals surface area contributed by atoms with Crippen LogP contribution in [0.4, 0.5) is 39.8 Å². The summed E-state index contributed by atoms with van der Waals surface area (Å²) in [6.07, 6.45) is 11.9. The van der Waals surface area contributed by atoms with Crippen LogP contribution in [-0.2, 0) is 0 Å². The second-order valence-electron chi connectivity index (χ2n) is 15.5. The average molecular weight is 787 g/mol. The van der Waals surface area contributed by atoms with Crippen LogP contribution < -0.4 is 14.7 Å². The van der Waals surface area contributed by atoms with Crippen molar-refractivity contribution in [3.8, 4) is 16.8 Å². The smallest absolute Gasteiger partial charge is 0.0541 e. The Morgan fingerprint density at radius 1 is 0.410 bits per heavy atom. The molecule has 0 bridgehead atoms. The summed E-state index contributed by atoms with van der Waals surface area (Å²) in [6.45, 7) is 0. The maximum atomic E-state index is 2.37. The monoisotopic (exact) mass is 786 g/mol. The van der Waals surface area contributed by atoms with E-state index in [0.29, 0.717) is 0 Å². The number of nitrogens with zero attached hydrogens (tertiary/aromatic N) is 4. The highest BCUT2D eigenvalue weighted by Gasteiger charge is 2.18. The molecule has 0 spiro atoms. The van der Waals surface area contributed by atoms with E-state index in [1.54, 1.807) is 0 Å². The van der Waals surface area contributed by atoms with Gasteiger partial charge in [0.15, 0.2) is 0 Å². The van der Waals surface area contributed by atoms with Gasteiger partial charge in [0.2, 0.25) is 0 Å². The van der Waals surface area contributed by atoms with Gasteiger partial charge in [-0.2, -0.15) is 0 Å². The van der Waals surface area contributed by atoms with E-state index in [1.165, 1.54) is 44.1 Å². The molecule has 8 aromatic carbocycles. The molecular formula is C57H46N4. The van der Waals surface area contributed by atoms with Crippen LogP contribution in [0.1, 0.15) is 12.0 Å². The molecule has 61 heavy (non-hydrogen) atoms. The minimum Gasteiger partial charge on any atom is -0.344 e. The molecule has 0 amide bonds. The summed E-state index contributed by atoms with van der Waals surface area (Å²) in [5.41, 5.74) is 16.1. The van der Waals surface area contributed by atoms with E-state index in [2.05, 4.69) is 264 Å². The summed E-state index contributed by atoms with van der Waals surface area (Å²) in [5, 5.41) is 2.51. The van der Waals surface area contributed by atoms with E-state index in [0.717, 1.165) is 51.9 Å². The third-order valence-corrected chi connectivity index (χ3v) is 11.8. The number of fused-ring (bicyclic) bond motifs is 3. The van der Waals surface area contributed by atoms with Gasteiger partial charge in [0.05, 0.1) is 11.0 Å². The molecule has 0 saturated carbocycles. The molecule has 4 heteroatoms. The van der Waals surface area contributed by atoms with E-state index >= 15 is 0 Å². The Bertz CT molecular complexity index is 3010. The molecule has 1 aliphatic rings. The minimum atomic E-state index is 0.945. The van der Waals surface area contributed by atoms with Crippen LogP contribution in [0.15, 0.2) is 231 Å². The largest absolute Gasteiger partial charge is 0.344 e. The zero-order chi connectivity index (χ0) is 41.1. The highest BCUT2D eigenvalue weighted by Crippen LogP contribution is 2.41. The number of rotatable bonds is 10. The zero-order valence-electron chi connectivity index (χ0n) is 34.4. The summed E-state index contributed by atoms with van der Waals surface area (Å²) in [5.74, 6) is 0. The first-order chi connectivity index (χ1) is 30.1. The Hall–Kier alpha value is -7.82. The van der Waals surface area contributed by atoms with Crippen molar-refractivity contribution in [1.29, 1.82) is 0 Å². The molecule has 9 aromatic rings. The molecule has 1 aliphatic carbocycles. The van der Waals surface area contributed by atoms with E-state index in [-0.39, 0.29) is 0 Å². The zero-order valence-corrected chi connectivity index (χ0v) is 34.4. The van der Waals surface area contributed by atoms with E-state index in [4.69, 9.17) is 0 Å². The number of hydrogen-bond acceptors (Lipinski definition) is 3. The molecule has 294 valence electrons. The Labute approximate surface area is 358 Å². The lowest BCUT2D eigenvalue weighted by atomic mass is 10.0. The Balaban J connectivity index is 1.02. The van der Waals surface area contributed by atoms with E-state index in [9.17, 15) is 0 Å². The SMILES string of the molecule is CN(c1ccc(N(c2ccc(N(C)c3ccccc3-c3ccccc3)cc2)c2ccc(-n3c4ccccc4c4ccccc43)cc2)cc1)c1ccccc1C1=CC=CCC=C1. The highest BCUT2D eigenvalue weighted by atomic mass is 15.2. The van der Waals surface area contributed by atoms with E-state index < -0.39 is 0 Å². The van der Waals surface area contributed by atoms with Gasteiger partial charge in [0.1, 0.15) is 0 Å². The Morgan fingerprint density at radius 2 is 0.869 bits per heavy atom. The van der Waals surface area contributed by atoms with Gasteiger partial charge >= 0.3 is 0 Å². The number of benzene rings is 8. The Kier molecular flexibility index (Phi) is 10.1. The molecule has 0 fully saturated rings.